The second-order valence-electron chi connectivity index (χ2n) is 6.15. The standard InChI is InChI=1S/C16H31N3O2/c1-3-5-7-14-16(20)19(15(17-14)6-4-2)9-8-18-10-12-21-13-11-18/h14-15,17H,3-13H2,1-2H3. The quantitative estimate of drug-likeness (QED) is 0.736. The van der Waals surface area contributed by atoms with Crippen molar-refractivity contribution in [3.8, 4) is 0 Å². The van der Waals surface area contributed by atoms with Crippen LogP contribution in [0.1, 0.15) is 46.0 Å². The smallest absolute Gasteiger partial charge is 0.241 e. The lowest BCUT2D eigenvalue weighted by atomic mass is 10.1. The molecule has 5 heteroatoms. The molecule has 2 fully saturated rings. The Morgan fingerprint density at radius 1 is 1.14 bits per heavy atom. The Labute approximate surface area is 129 Å². The maximum absolute atomic E-state index is 12.6. The third-order valence-electron chi connectivity index (χ3n) is 4.52. The molecule has 122 valence electrons. The van der Waals surface area contributed by atoms with Crippen molar-refractivity contribution in [1.29, 1.82) is 0 Å². The predicted molar refractivity (Wildman–Crippen MR) is 84.1 cm³/mol. The van der Waals surface area contributed by atoms with E-state index in [1.807, 2.05) is 0 Å². The number of ether oxygens (including phenoxy) is 1. The van der Waals surface area contributed by atoms with E-state index in [0.717, 1.165) is 71.5 Å². The highest BCUT2D eigenvalue weighted by Gasteiger charge is 2.37. The molecular weight excluding hydrogens is 266 g/mol. The van der Waals surface area contributed by atoms with Gasteiger partial charge in [0, 0.05) is 26.2 Å². The number of amides is 1. The normalized spacial score (nSPS) is 27.5. The molecule has 0 radical (unpaired) electrons. The van der Waals surface area contributed by atoms with Crippen LogP contribution in [0, 0.1) is 0 Å². The van der Waals surface area contributed by atoms with Crippen molar-refractivity contribution in [3.05, 3.63) is 0 Å². The molecule has 2 aliphatic rings. The van der Waals surface area contributed by atoms with Crippen LogP contribution >= 0.6 is 0 Å². The monoisotopic (exact) mass is 297 g/mol. The van der Waals surface area contributed by atoms with Crippen LogP contribution in [0.2, 0.25) is 0 Å². The van der Waals surface area contributed by atoms with Gasteiger partial charge in [-0.3, -0.25) is 15.0 Å². The van der Waals surface area contributed by atoms with Gasteiger partial charge in [-0.05, 0) is 12.8 Å². The van der Waals surface area contributed by atoms with Gasteiger partial charge in [-0.2, -0.15) is 0 Å². The number of morpholine rings is 1. The van der Waals surface area contributed by atoms with Gasteiger partial charge in [0.25, 0.3) is 0 Å². The lowest BCUT2D eigenvalue weighted by molar-refractivity contribution is -0.130. The molecular formula is C16H31N3O2. The van der Waals surface area contributed by atoms with Crippen LogP contribution in [-0.2, 0) is 9.53 Å². The molecule has 21 heavy (non-hydrogen) atoms. The first-order chi connectivity index (χ1) is 10.3. The average Bonchev–Trinajstić information content (AvgIpc) is 2.80. The lowest BCUT2D eigenvalue weighted by Crippen LogP contribution is -2.45. The molecule has 2 atom stereocenters. The summed E-state index contributed by atoms with van der Waals surface area (Å²) in [7, 11) is 0. The third-order valence-corrected chi connectivity index (χ3v) is 4.52. The molecule has 2 aliphatic heterocycles. The largest absolute Gasteiger partial charge is 0.379 e. The molecule has 1 amide bonds. The van der Waals surface area contributed by atoms with E-state index >= 15 is 0 Å². The summed E-state index contributed by atoms with van der Waals surface area (Å²) in [5.74, 6) is 0.315. The first kappa shape index (κ1) is 16.7. The Balaban J connectivity index is 1.85. The van der Waals surface area contributed by atoms with Crippen LogP contribution in [0.5, 0.6) is 0 Å². The first-order valence-electron chi connectivity index (χ1n) is 8.62. The van der Waals surface area contributed by atoms with Crippen LogP contribution < -0.4 is 5.32 Å². The number of carbonyl (C=O) groups is 1. The minimum absolute atomic E-state index is 0.0474. The zero-order chi connectivity index (χ0) is 15.1. The molecule has 2 heterocycles. The van der Waals surface area contributed by atoms with Gasteiger partial charge in [-0.25, -0.2) is 0 Å². The molecule has 0 saturated carbocycles. The van der Waals surface area contributed by atoms with E-state index in [1.165, 1.54) is 0 Å². The Morgan fingerprint density at radius 2 is 1.90 bits per heavy atom. The van der Waals surface area contributed by atoms with E-state index in [1.54, 1.807) is 0 Å². The fraction of sp³-hybridized carbons (Fsp3) is 0.938. The molecule has 0 aliphatic carbocycles. The van der Waals surface area contributed by atoms with Crippen LogP contribution in [0.3, 0.4) is 0 Å². The highest BCUT2D eigenvalue weighted by atomic mass is 16.5. The molecule has 2 unspecified atom stereocenters. The Morgan fingerprint density at radius 3 is 2.57 bits per heavy atom. The van der Waals surface area contributed by atoms with E-state index < -0.39 is 0 Å². The van der Waals surface area contributed by atoms with Crippen LogP contribution in [0.15, 0.2) is 0 Å². The molecule has 0 aromatic rings. The fourth-order valence-electron chi connectivity index (χ4n) is 3.21. The maximum atomic E-state index is 12.6. The predicted octanol–water partition coefficient (Wildman–Crippen LogP) is 1.44. The molecule has 5 nitrogen and oxygen atoms in total. The Bertz CT molecular complexity index is 319. The van der Waals surface area contributed by atoms with Gasteiger partial charge >= 0.3 is 0 Å². The summed E-state index contributed by atoms with van der Waals surface area (Å²) in [6, 6.07) is 0.0474. The Kier molecular flexibility index (Phi) is 6.93. The van der Waals surface area contributed by atoms with E-state index in [0.29, 0.717) is 5.91 Å². The zero-order valence-corrected chi connectivity index (χ0v) is 13.6. The van der Waals surface area contributed by atoms with Crippen molar-refractivity contribution in [2.75, 3.05) is 39.4 Å². The number of hydrogen-bond donors (Lipinski definition) is 1. The minimum atomic E-state index is 0.0474. The molecule has 0 spiro atoms. The van der Waals surface area contributed by atoms with Gasteiger partial charge in [0.15, 0.2) is 0 Å². The van der Waals surface area contributed by atoms with Crippen LogP contribution in [0.4, 0.5) is 0 Å². The summed E-state index contributed by atoms with van der Waals surface area (Å²) in [6.07, 6.45) is 5.66. The minimum Gasteiger partial charge on any atom is -0.379 e. The maximum Gasteiger partial charge on any atom is 0.241 e. The van der Waals surface area contributed by atoms with Gasteiger partial charge < -0.3 is 9.64 Å². The van der Waals surface area contributed by atoms with Crippen LogP contribution in [-0.4, -0.2) is 67.3 Å². The van der Waals surface area contributed by atoms with E-state index in [4.69, 9.17) is 4.74 Å². The number of unbranched alkanes of at least 4 members (excludes halogenated alkanes) is 1. The fourth-order valence-corrected chi connectivity index (χ4v) is 3.21. The highest BCUT2D eigenvalue weighted by Crippen LogP contribution is 2.18. The molecule has 0 aromatic carbocycles. The summed E-state index contributed by atoms with van der Waals surface area (Å²) in [4.78, 5) is 17.1. The highest BCUT2D eigenvalue weighted by molar-refractivity contribution is 5.84. The lowest BCUT2D eigenvalue weighted by Gasteiger charge is -2.30. The number of rotatable bonds is 8. The number of carbonyl (C=O) groups excluding carboxylic acids is 1. The number of nitrogens with one attached hydrogen (secondary N) is 1. The molecule has 2 rings (SSSR count). The first-order valence-corrected chi connectivity index (χ1v) is 8.62. The van der Waals surface area contributed by atoms with E-state index in [2.05, 4.69) is 29.0 Å². The molecule has 0 bridgehead atoms. The third kappa shape index (κ3) is 4.66. The van der Waals surface area contributed by atoms with Crippen molar-refractivity contribution in [3.63, 3.8) is 0 Å². The van der Waals surface area contributed by atoms with Gasteiger partial charge in [0.2, 0.25) is 5.91 Å². The van der Waals surface area contributed by atoms with E-state index in [-0.39, 0.29) is 12.2 Å². The molecule has 0 aromatic heterocycles. The topological polar surface area (TPSA) is 44.8 Å². The van der Waals surface area contributed by atoms with E-state index in [9.17, 15) is 4.79 Å². The summed E-state index contributed by atoms with van der Waals surface area (Å²) < 4.78 is 5.38. The summed E-state index contributed by atoms with van der Waals surface area (Å²) in [5.41, 5.74) is 0. The molecule has 1 N–H and O–H groups in total. The Hall–Kier alpha value is -0.650. The second-order valence-corrected chi connectivity index (χ2v) is 6.15. The van der Waals surface area contributed by atoms with Crippen molar-refractivity contribution in [2.45, 2.75) is 58.2 Å². The number of nitrogens with zero attached hydrogens (tertiary/aromatic N) is 2. The average molecular weight is 297 g/mol. The molecule has 2 saturated heterocycles. The summed E-state index contributed by atoms with van der Waals surface area (Å²) in [6.45, 7) is 9.81. The van der Waals surface area contributed by atoms with Crippen LogP contribution in [0.25, 0.3) is 0 Å². The van der Waals surface area contributed by atoms with Gasteiger partial charge in [0.05, 0.1) is 25.4 Å². The van der Waals surface area contributed by atoms with Gasteiger partial charge in [-0.15, -0.1) is 0 Å². The summed E-state index contributed by atoms with van der Waals surface area (Å²) in [5, 5.41) is 3.55. The number of hydrogen-bond acceptors (Lipinski definition) is 4. The second kappa shape index (κ2) is 8.71. The SMILES string of the molecule is CCCCC1NC(CCC)N(CCN2CCOCC2)C1=O. The van der Waals surface area contributed by atoms with Crippen molar-refractivity contribution >= 4 is 5.91 Å². The van der Waals surface area contributed by atoms with Crippen molar-refractivity contribution < 1.29 is 9.53 Å². The van der Waals surface area contributed by atoms with Crippen molar-refractivity contribution in [1.82, 2.24) is 15.1 Å². The van der Waals surface area contributed by atoms with Gasteiger partial charge in [0.1, 0.15) is 0 Å². The van der Waals surface area contributed by atoms with Gasteiger partial charge in [-0.1, -0.05) is 33.1 Å². The van der Waals surface area contributed by atoms with Crippen molar-refractivity contribution in [2.24, 2.45) is 0 Å². The zero-order valence-electron chi connectivity index (χ0n) is 13.6. The summed E-state index contributed by atoms with van der Waals surface area (Å²) >= 11 is 0.